The summed E-state index contributed by atoms with van der Waals surface area (Å²) in [6.45, 7) is 0. The van der Waals surface area contributed by atoms with E-state index in [2.05, 4.69) is 5.32 Å². The molecule has 0 aromatic heterocycles. The van der Waals surface area contributed by atoms with Crippen molar-refractivity contribution < 1.29 is 9.18 Å². The highest BCUT2D eigenvalue weighted by atomic mass is 35.5. The molecule has 5 heteroatoms. The van der Waals surface area contributed by atoms with E-state index >= 15 is 0 Å². The van der Waals surface area contributed by atoms with Crippen molar-refractivity contribution in [2.24, 2.45) is 0 Å². The molecule has 0 unspecified atom stereocenters. The maximum Gasteiger partial charge on any atom is 0.248 e. The molecule has 0 aliphatic heterocycles. The number of nitrogens with one attached hydrogen (secondary N) is 1. The lowest BCUT2D eigenvalue weighted by molar-refractivity contribution is -0.111. The number of nitrogens with two attached hydrogens (primary N) is 1. The van der Waals surface area contributed by atoms with Crippen LogP contribution in [0, 0.1) is 5.82 Å². The molecule has 1 amide bonds. The quantitative estimate of drug-likeness (QED) is 0.669. The van der Waals surface area contributed by atoms with Gasteiger partial charge in [-0.2, -0.15) is 0 Å². The Kier molecular flexibility index (Phi) is 4.38. The average molecular weight is 291 g/mol. The summed E-state index contributed by atoms with van der Waals surface area (Å²) in [5.41, 5.74) is 7.40. The third kappa shape index (κ3) is 3.83. The summed E-state index contributed by atoms with van der Waals surface area (Å²) in [5.74, 6) is -0.666. The number of halogens is 2. The third-order valence-corrected chi connectivity index (χ3v) is 2.90. The average Bonchev–Trinajstić information content (AvgIpc) is 2.43. The van der Waals surface area contributed by atoms with Gasteiger partial charge in [0.25, 0.3) is 0 Å². The van der Waals surface area contributed by atoms with E-state index in [9.17, 15) is 9.18 Å². The molecule has 0 radical (unpaired) electrons. The zero-order chi connectivity index (χ0) is 14.5. The Balaban J connectivity index is 2.01. The summed E-state index contributed by atoms with van der Waals surface area (Å²) >= 11 is 5.80. The second kappa shape index (κ2) is 6.21. The number of hydrogen-bond donors (Lipinski definition) is 2. The summed E-state index contributed by atoms with van der Waals surface area (Å²) in [7, 11) is 0. The number of amides is 1. The van der Waals surface area contributed by atoms with Gasteiger partial charge in [-0.25, -0.2) is 4.39 Å². The van der Waals surface area contributed by atoms with Crippen LogP contribution < -0.4 is 11.1 Å². The van der Waals surface area contributed by atoms with E-state index in [0.29, 0.717) is 16.4 Å². The van der Waals surface area contributed by atoms with Crippen molar-refractivity contribution in [1.29, 1.82) is 0 Å². The minimum absolute atomic E-state index is 0.315. The smallest absolute Gasteiger partial charge is 0.248 e. The summed E-state index contributed by atoms with van der Waals surface area (Å²) in [4.78, 5) is 11.7. The predicted octanol–water partition coefficient (Wildman–Crippen LogP) is 3.71. The zero-order valence-electron chi connectivity index (χ0n) is 10.4. The minimum Gasteiger partial charge on any atom is -0.398 e. The lowest BCUT2D eigenvalue weighted by atomic mass is 10.2. The van der Waals surface area contributed by atoms with Gasteiger partial charge in [0.15, 0.2) is 0 Å². The van der Waals surface area contributed by atoms with Crippen LogP contribution in [0.25, 0.3) is 6.08 Å². The van der Waals surface area contributed by atoms with Crippen LogP contribution >= 0.6 is 11.6 Å². The summed E-state index contributed by atoms with van der Waals surface area (Å²) in [5, 5.41) is 3.09. The van der Waals surface area contributed by atoms with Crippen molar-refractivity contribution in [1.82, 2.24) is 0 Å². The minimum atomic E-state index is -0.352. The molecule has 0 spiro atoms. The number of carbonyl (C=O) groups is 1. The van der Waals surface area contributed by atoms with Gasteiger partial charge in [0.2, 0.25) is 5.91 Å². The fraction of sp³-hybridized carbons (Fsp3) is 0. The second-order valence-corrected chi connectivity index (χ2v) is 4.52. The number of benzene rings is 2. The monoisotopic (exact) mass is 290 g/mol. The molecule has 0 saturated carbocycles. The largest absolute Gasteiger partial charge is 0.398 e. The van der Waals surface area contributed by atoms with Crippen molar-refractivity contribution in [2.45, 2.75) is 0 Å². The Hall–Kier alpha value is -2.33. The maximum absolute atomic E-state index is 12.7. The van der Waals surface area contributed by atoms with E-state index in [-0.39, 0.29) is 11.7 Å². The standard InChI is InChI=1S/C15H12ClFN2O/c16-13-7-1-10(9-14(13)18)2-8-15(20)19-12-5-3-11(17)4-6-12/h1-9H,18H2,(H,19,20)/b8-2+. The Morgan fingerprint density at radius 1 is 1.20 bits per heavy atom. The first-order valence-electron chi connectivity index (χ1n) is 5.84. The molecule has 0 aliphatic carbocycles. The fourth-order valence-corrected chi connectivity index (χ4v) is 1.67. The summed E-state index contributed by atoms with van der Waals surface area (Å²) < 4.78 is 12.7. The molecule has 0 aliphatic rings. The SMILES string of the molecule is Nc1cc(/C=C/C(=O)Nc2ccc(F)cc2)ccc1Cl. The van der Waals surface area contributed by atoms with Crippen molar-refractivity contribution in [2.75, 3.05) is 11.1 Å². The van der Waals surface area contributed by atoms with Crippen LogP contribution in [0.4, 0.5) is 15.8 Å². The molecule has 0 heterocycles. The molecular weight excluding hydrogens is 279 g/mol. The van der Waals surface area contributed by atoms with Gasteiger partial charge in [-0.1, -0.05) is 17.7 Å². The first kappa shape index (κ1) is 14.1. The van der Waals surface area contributed by atoms with E-state index in [0.717, 1.165) is 5.56 Å². The lowest BCUT2D eigenvalue weighted by Crippen LogP contribution is -2.07. The fourth-order valence-electron chi connectivity index (χ4n) is 1.55. The topological polar surface area (TPSA) is 55.1 Å². The molecule has 0 atom stereocenters. The molecule has 0 bridgehead atoms. The number of hydrogen-bond acceptors (Lipinski definition) is 2. The van der Waals surface area contributed by atoms with Gasteiger partial charge >= 0.3 is 0 Å². The van der Waals surface area contributed by atoms with E-state index < -0.39 is 0 Å². The molecule has 2 aromatic carbocycles. The molecule has 20 heavy (non-hydrogen) atoms. The Labute approximate surface area is 120 Å². The van der Waals surface area contributed by atoms with Gasteiger partial charge in [0.05, 0.1) is 10.7 Å². The van der Waals surface area contributed by atoms with E-state index in [1.807, 2.05) is 0 Å². The first-order valence-corrected chi connectivity index (χ1v) is 6.22. The van der Waals surface area contributed by atoms with Gasteiger partial charge in [-0.15, -0.1) is 0 Å². The number of rotatable bonds is 3. The normalized spacial score (nSPS) is 10.7. The van der Waals surface area contributed by atoms with E-state index in [4.69, 9.17) is 17.3 Å². The van der Waals surface area contributed by atoms with E-state index in [1.165, 1.54) is 30.3 Å². The zero-order valence-corrected chi connectivity index (χ0v) is 11.2. The Morgan fingerprint density at radius 3 is 2.55 bits per heavy atom. The molecule has 3 N–H and O–H groups in total. The third-order valence-electron chi connectivity index (χ3n) is 2.56. The first-order chi connectivity index (χ1) is 9.54. The molecule has 0 saturated heterocycles. The highest BCUT2D eigenvalue weighted by molar-refractivity contribution is 6.33. The second-order valence-electron chi connectivity index (χ2n) is 4.11. The Bertz CT molecular complexity index is 653. The van der Waals surface area contributed by atoms with Crippen LogP contribution in [-0.2, 0) is 4.79 Å². The molecular formula is C15H12ClFN2O. The van der Waals surface area contributed by atoms with Crippen LogP contribution in [0.3, 0.4) is 0 Å². The van der Waals surface area contributed by atoms with Crippen molar-refractivity contribution in [3.63, 3.8) is 0 Å². The lowest BCUT2D eigenvalue weighted by Gasteiger charge is -2.02. The van der Waals surface area contributed by atoms with Crippen molar-refractivity contribution in [3.8, 4) is 0 Å². The van der Waals surface area contributed by atoms with E-state index in [1.54, 1.807) is 24.3 Å². The maximum atomic E-state index is 12.7. The van der Waals surface area contributed by atoms with Crippen molar-refractivity contribution in [3.05, 3.63) is 64.9 Å². The van der Waals surface area contributed by atoms with Gasteiger partial charge in [-0.05, 0) is 48.0 Å². The van der Waals surface area contributed by atoms with Crippen LogP contribution in [0.15, 0.2) is 48.5 Å². The number of nitrogen functional groups attached to an aromatic ring is 1. The molecule has 0 fully saturated rings. The molecule has 102 valence electrons. The molecule has 3 nitrogen and oxygen atoms in total. The number of carbonyl (C=O) groups excluding carboxylic acids is 1. The highest BCUT2D eigenvalue weighted by Gasteiger charge is 1.99. The Morgan fingerprint density at radius 2 is 1.90 bits per heavy atom. The molecule has 2 aromatic rings. The van der Waals surface area contributed by atoms with Crippen LogP contribution in [-0.4, -0.2) is 5.91 Å². The van der Waals surface area contributed by atoms with Crippen LogP contribution in [0.5, 0.6) is 0 Å². The van der Waals surface area contributed by atoms with Gasteiger partial charge < -0.3 is 11.1 Å². The summed E-state index contributed by atoms with van der Waals surface area (Å²) in [6.07, 6.45) is 2.98. The van der Waals surface area contributed by atoms with Crippen LogP contribution in [0.2, 0.25) is 5.02 Å². The van der Waals surface area contributed by atoms with Gasteiger partial charge in [0, 0.05) is 11.8 Å². The predicted molar refractivity (Wildman–Crippen MR) is 79.9 cm³/mol. The number of anilines is 2. The van der Waals surface area contributed by atoms with Gasteiger partial charge in [-0.3, -0.25) is 4.79 Å². The summed E-state index contributed by atoms with van der Waals surface area (Å²) in [6, 6.07) is 10.6. The highest BCUT2D eigenvalue weighted by Crippen LogP contribution is 2.20. The molecule has 2 rings (SSSR count). The van der Waals surface area contributed by atoms with Crippen molar-refractivity contribution >= 4 is 35.0 Å². The van der Waals surface area contributed by atoms with Gasteiger partial charge in [0.1, 0.15) is 5.82 Å². The van der Waals surface area contributed by atoms with Crippen LogP contribution in [0.1, 0.15) is 5.56 Å².